The van der Waals surface area contributed by atoms with E-state index in [0.29, 0.717) is 11.3 Å². The predicted octanol–water partition coefficient (Wildman–Crippen LogP) is 3.78. The van der Waals surface area contributed by atoms with Crippen molar-refractivity contribution in [3.8, 4) is 0 Å². The Morgan fingerprint density at radius 3 is 2.54 bits per heavy atom. The van der Waals surface area contributed by atoms with Gasteiger partial charge >= 0.3 is 6.18 Å². The smallest absolute Gasteiger partial charge is 0.166 e. The molecule has 72 valence electrons. The van der Waals surface area contributed by atoms with Crippen molar-refractivity contribution in [2.75, 3.05) is 0 Å². The molecule has 0 bridgehead atoms. The quantitative estimate of drug-likeness (QED) is 0.589. The average molecular weight is 224 g/mol. The fourth-order valence-corrected chi connectivity index (χ4v) is 1.69. The molecule has 0 aliphatic carbocycles. The van der Waals surface area contributed by atoms with Crippen LogP contribution in [0.1, 0.15) is 11.1 Å². The fraction of sp³-hybridized carbons (Fsp3) is 0.250. The third-order valence-electron chi connectivity index (χ3n) is 1.49. The van der Waals surface area contributed by atoms with E-state index in [-0.39, 0.29) is 0 Å². The zero-order chi connectivity index (χ0) is 9.90. The van der Waals surface area contributed by atoms with Gasteiger partial charge in [-0.2, -0.15) is 13.2 Å². The Labute approximate surface area is 83.3 Å². The van der Waals surface area contributed by atoms with Crippen LogP contribution < -0.4 is 0 Å². The second-order valence-corrected chi connectivity index (χ2v) is 3.79. The lowest BCUT2D eigenvalue weighted by Crippen LogP contribution is -2.04. The molecule has 1 aromatic rings. The minimum atomic E-state index is -4.25. The standard InChI is InChI=1S/C8H7F3S2/c9-8(10,11)7-3-1-2-6(4-7)5-13-12/h1-4,12H,5H2. The van der Waals surface area contributed by atoms with Crippen LogP contribution in [-0.4, -0.2) is 0 Å². The maximum Gasteiger partial charge on any atom is 0.416 e. The van der Waals surface area contributed by atoms with Crippen molar-refractivity contribution in [1.82, 2.24) is 0 Å². The lowest BCUT2D eigenvalue weighted by Gasteiger charge is -2.07. The highest BCUT2D eigenvalue weighted by atomic mass is 33.1. The number of benzene rings is 1. The highest BCUT2D eigenvalue weighted by Gasteiger charge is 2.30. The van der Waals surface area contributed by atoms with Gasteiger partial charge in [0.2, 0.25) is 0 Å². The first-order chi connectivity index (χ1) is 6.04. The van der Waals surface area contributed by atoms with Gasteiger partial charge in [-0.05, 0) is 11.6 Å². The third kappa shape index (κ3) is 3.15. The minimum absolute atomic E-state index is 0.479. The molecule has 5 heteroatoms. The number of rotatable bonds is 2. The van der Waals surface area contributed by atoms with E-state index in [4.69, 9.17) is 0 Å². The number of alkyl halides is 3. The number of hydrogen-bond donors (Lipinski definition) is 1. The molecular weight excluding hydrogens is 217 g/mol. The molecule has 1 aromatic carbocycles. The van der Waals surface area contributed by atoms with Gasteiger partial charge in [0.15, 0.2) is 0 Å². The van der Waals surface area contributed by atoms with Crippen molar-refractivity contribution in [3.63, 3.8) is 0 Å². The summed E-state index contributed by atoms with van der Waals surface area (Å²) in [6.45, 7) is 0. The highest BCUT2D eigenvalue weighted by molar-refractivity contribution is 8.68. The molecule has 0 spiro atoms. The van der Waals surface area contributed by atoms with Crippen molar-refractivity contribution in [1.29, 1.82) is 0 Å². The van der Waals surface area contributed by atoms with E-state index in [0.717, 1.165) is 12.1 Å². The van der Waals surface area contributed by atoms with E-state index in [2.05, 4.69) is 11.7 Å². The van der Waals surface area contributed by atoms with Gasteiger partial charge in [-0.1, -0.05) is 29.0 Å². The monoisotopic (exact) mass is 224 g/mol. The zero-order valence-corrected chi connectivity index (χ0v) is 8.22. The van der Waals surface area contributed by atoms with Crippen LogP contribution in [0.3, 0.4) is 0 Å². The molecule has 1 rings (SSSR count). The Morgan fingerprint density at radius 1 is 1.31 bits per heavy atom. The summed E-state index contributed by atoms with van der Waals surface area (Å²) in [5.74, 6) is 0.479. The average Bonchev–Trinajstić information content (AvgIpc) is 2.04. The Hall–Kier alpha value is -0.290. The molecule has 0 unspecified atom stereocenters. The number of halogens is 3. The molecule has 13 heavy (non-hydrogen) atoms. The highest BCUT2D eigenvalue weighted by Crippen LogP contribution is 2.30. The molecule has 0 amide bonds. The Kier molecular flexibility index (Phi) is 3.55. The fourth-order valence-electron chi connectivity index (χ4n) is 0.912. The molecule has 0 fully saturated rings. The topological polar surface area (TPSA) is 0 Å². The van der Waals surface area contributed by atoms with E-state index >= 15 is 0 Å². The van der Waals surface area contributed by atoms with Crippen LogP contribution in [0, 0.1) is 0 Å². The second kappa shape index (κ2) is 4.28. The van der Waals surface area contributed by atoms with Gasteiger partial charge in [0.1, 0.15) is 0 Å². The Bertz CT molecular complexity index is 283. The van der Waals surface area contributed by atoms with Crippen LogP contribution in [0.15, 0.2) is 24.3 Å². The van der Waals surface area contributed by atoms with E-state index in [1.54, 1.807) is 6.07 Å². The first kappa shape index (κ1) is 10.8. The number of hydrogen-bond acceptors (Lipinski definition) is 2. The molecule has 0 radical (unpaired) electrons. The lowest BCUT2D eigenvalue weighted by atomic mass is 10.1. The SMILES string of the molecule is FC(F)(F)c1cccc(CSS)c1. The largest absolute Gasteiger partial charge is 0.416 e. The van der Waals surface area contributed by atoms with Gasteiger partial charge in [-0.25, -0.2) is 0 Å². The molecule has 0 saturated heterocycles. The van der Waals surface area contributed by atoms with E-state index in [1.807, 2.05) is 0 Å². The van der Waals surface area contributed by atoms with E-state index in [1.165, 1.54) is 16.9 Å². The second-order valence-electron chi connectivity index (χ2n) is 2.47. The van der Waals surface area contributed by atoms with Gasteiger partial charge in [-0.15, -0.1) is 11.7 Å². The molecule has 0 atom stereocenters. The van der Waals surface area contributed by atoms with Gasteiger partial charge in [0, 0.05) is 5.75 Å². The summed E-state index contributed by atoms with van der Waals surface area (Å²) in [6.07, 6.45) is -4.25. The third-order valence-corrected chi connectivity index (χ3v) is 2.34. The van der Waals surface area contributed by atoms with Gasteiger partial charge in [-0.3, -0.25) is 0 Å². The molecule has 0 heterocycles. The van der Waals surface area contributed by atoms with Gasteiger partial charge in [0.05, 0.1) is 5.56 Å². The summed E-state index contributed by atoms with van der Waals surface area (Å²) in [5, 5.41) is 0. The lowest BCUT2D eigenvalue weighted by molar-refractivity contribution is -0.137. The van der Waals surface area contributed by atoms with Crippen molar-refractivity contribution >= 4 is 22.5 Å². The van der Waals surface area contributed by atoms with Crippen molar-refractivity contribution in [3.05, 3.63) is 35.4 Å². The summed E-state index contributed by atoms with van der Waals surface area (Å²) in [5.41, 5.74) is 0.0298. The zero-order valence-electron chi connectivity index (χ0n) is 6.51. The predicted molar refractivity (Wildman–Crippen MR) is 51.7 cm³/mol. The number of thiol groups is 1. The van der Waals surface area contributed by atoms with Crippen LogP contribution in [0.5, 0.6) is 0 Å². The summed E-state index contributed by atoms with van der Waals surface area (Å²) in [7, 11) is 1.20. The van der Waals surface area contributed by atoms with Crippen LogP contribution in [-0.2, 0) is 11.9 Å². The normalized spacial score (nSPS) is 11.7. The van der Waals surface area contributed by atoms with Crippen molar-refractivity contribution in [2.45, 2.75) is 11.9 Å². The molecular formula is C8H7F3S2. The van der Waals surface area contributed by atoms with E-state index in [9.17, 15) is 13.2 Å². The molecule has 0 aliphatic heterocycles. The van der Waals surface area contributed by atoms with Gasteiger partial charge < -0.3 is 0 Å². The molecule has 0 saturated carbocycles. The summed E-state index contributed by atoms with van der Waals surface area (Å²) in [4.78, 5) is 0. The van der Waals surface area contributed by atoms with Gasteiger partial charge in [0.25, 0.3) is 0 Å². The maximum atomic E-state index is 12.2. The Balaban J connectivity index is 2.92. The minimum Gasteiger partial charge on any atom is -0.166 e. The van der Waals surface area contributed by atoms with Crippen LogP contribution in [0.4, 0.5) is 13.2 Å². The van der Waals surface area contributed by atoms with Crippen LogP contribution in [0.25, 0.3) is 0 Å². The van der Waals surface area contributed by atoms with Crippen LogP contribution >= 0.6 is 22.5 Å². The van der Waals surface area contributed by atoms with Crippen molar-refractivity contribution < 1.29 is 13.2 Å². The summed E-state index contributed by atoms with van der Waals surface area (Å²) in [6, 6.07) is 5.26. The summed E-state index contributed by atoms with van der Waals surface area (Å²) >= 11 is 3.87. The molecule has 0 N–H and O–H groups in total. The first-order valence-electron chi connectivity index (χ1n) is 3.46. The van der Waals surface area contributed by atoms with Crippen LogP contribution in [0.2, 0.25) is 0 Å². The molecule has 0 aliphatic rings. The van der Waals surface area contributed by atoms with Crippen molar-refractivity contribution in [2.24, 2.45) is 0 Å². The first-order valence-corrected chi connectivity index (χ1v) is 5.50. The summed E-state index contributed by atoms with van der Waals surface area (Å²) < 4.78 is 36.5. The maximum absolute atomic E-state index is 12.2. The molecule has 0 nitrogen and oxygen atoms in total. The molecule has 0 aromatic heterocycles. The van der Waals surface area contributed by atoms with E-state index < -0.39 is 11.7 Å². The Morgan fingerprint density at radius 2 is 2.00 bits per heavy atom.